The highest BCUT2D eigenvalue weighted by Crippen LogP contribution is 2.16. The second-order valence-electron chi connectivity index (χ2n) is 4.12. The number of amides is 2. The second-order valence-corrected chi connectivity index (χ2v) is 5.18. The van der Waals surface area contributed by atoms with Crippen LogP contribution in [0.3, 0.4) is 0 Å². The highest BCUT2D eigenvalue weighted by Gasteiger charge is 2.10. The molecule has 6 nitrogen and oxygen atoms in total. The molecule has 3 N–H and O–H groups in total. The van der Waals surface area contributed by atoms with Crippen molar-refractivity contribution in [2.75, 3.05) is 11.9 Å². The van der Waals surface area contributed by atoms with Crippen LogP contribution >= 0.6 is 11.3 Å². The topological polar surface area (TPSA) is 87.1 Å². The summed E-state index contributed by atoms with van der Waals surface area (Å²) in [7, 11) is 0. The van der Waals surface area contributed by atoms with Crippen molar-refractivity contribution in [2.24, 2.45) is 0 Å². The number of unbranched alkanes of at least 4 members (excludes halogenated alkanes) is 1. The van der Waals surface area contributed by atoms with Gasteiger partial charge in [-0.15, -0.1) is 10.2 Å². The monoisotopic (exact) mass is 272 g/mol. The summed E-state index contributed by atoms with van der Waals surface area (Å²) in [5, 5.41) is 23.5. The number of hydrogen-bond acceptors (Lipinski definition) is 5. The molecule has 1 rings (SSSR count). The first-order chi connectivity index (χ1) is 8.65. The quantitative estimate of drug-likeness (QED) is 0.706. The number of anilines is 1. The fraction of sp³-hybridized carbons (Fsp3) is 0.727. The van der Waals surface area contributed by atoms with Crippen molar-refractivity contribution in [1.82, 2.24) is 15.5 Å². The third-order valence-corrected chi connectivity index (χ3v) is 3.27. The largest absolute Gasteiger partial charge is 0.396 e. The van der Waals surface area contributed by atoms with E-state index in [1.54, 1.807) is 0 Å². The van der Waals surface area contributed by atoms with E-state index in [2.05, 4.69) is 27.8 Å². The summed E-state index contributed by atoms with van der Waals surface area (Å²) in [5.74, 6) is 0. The molecule has 0 radical (unpaired) electrons. The Hall–Kier alpha value is -1.21. The van der Waals surface area contributed by atoms with Gasteiger partial charge in [0.1, 0.15) is 5.01 Å². The number of nitrogens with one attached hydrogen (secondary N) is 2. The third kappa shape index (κ3) is 5.42. The van der Waals surface area contributed by atoms with Crippen LogP contribution in [0.1, 0.15) is 38.1 Å². The van der Waals surface area contributed by atoms with Crippen LogP contribution in [0.15, 0.2) is 0 Å². The predicted octanol–water partition coefficient (Wildman–Crippen LogP) is 1.77. The van der Waals surface area contributed by atoms with Gasteiger partial charge in [0.2, 0.25) is 5.13 Å². The van der Waals surface area contributed by atoms with E-state index in [0.717, 1.165) is 24.3 Å². The first-order valence-electron chi connectivity index (χ1n) is 6.16. The summed E-state index contributed by atoms with van der Waals surface area (Å²) in [6, 6.07) is -0.378. The number of urea groups is 1. The lowest BCUT2D eigenvalue weighted by Gasteiger charge is -2.11. The molecule has 0 spiro atoms. The number of aliphatic hydroxyl groups is 1. The highest BCUT2D eigenvalue weighted by atomic mass is 32.1. The number of rotatable bonds is 7. The molecule has 0 unspecified atom stereocenters. The molecule has 0 fully saturated rings. The Balaban J connectivity index is 2.37. The molecule has 2 amide bonds. The van der Waals surface area contributed by atoms with Crippen LogP contribution in [-0.2, 0) is 6.42 Å². The van der Waals surface area contributed by atoms with Gasteiger partial charge in [0.25, 0.3) is 0 Å². The van der Waals surface area contributed by atoms with Crippen LogP contribution in [0.2, 0.25) is 0 Å². The maximum Gasteiger partial charge on any atom is 0.321 e. The van der Waals surface area contributed by atoms with Crippen molar-refractivity contribution in [3.8, 4) is 0 Å². The van der Waals surface area contributed by atoms with Crippen LogP contribution < -0.4 is 10.6 Å². The molecule has 7 heteroatoms. The summed E-state index contributed by atoms with van der Waals surface area (Å²) in [5.41, 5.74) is 0. The Morgan fingerprint density at radius 1 is 1.50 bits per heavy atom. The van der Waals surface area contributed by atoms with Crippen molar-refractivity contribution >= 4 is 22.5 Å². The van der Waals surface area contributed by atoms with Gasteiger partial charge >= 0.3 is 6.03 Å². The molecular formula is C11H20N4O2S. The fourth-order valence-corrected chi connectivity index (χ4v) is 2.13. The lowest BCUT2D eigenvalue weighted by Crippen LogP contribution is -2.36. The van der Waals surface area contributed by atoms with E-state index < -0.39 is 0 Å². The van der Waals surface area contributed by atoms with Crippen molar-refractivity contribution < 1.29 is 9.90 Å². The predicted molar refractivity (Wildman–Crippen MR) is 71.8 cm³/mol. The molecule has 0 aliphatic carbocycles. The van der Waals surface area contributed by atoms with Crippen molar-refractivity contribution in [3.63, 3.8) is 0 Å². The maximum atomic E-state index is 11.6. The molecule has 1 aromatic heterocycles. The highest BCUT2D eigenvalue weighted by molar-refractivity contribution is 7.15. The van der Waals surface area contributed by atoms with Gasteiger partial charge in [-0.25, -0.2) is 4.79 Å². The SMILES string of the molecule is CCCCc1nnc(NC(=O)N[C@H](C)CCO)s1. The standard InChI is InChI=1S/C11H20N4O2S/c1-3-4-5-9-14-15-11(18-9)13-10(17)12-8(2)6-7-16/h8,16H,3-7H2,1-2H3,(H2,12,13,15,17)/t8-/m1/s1. The summed E-state index contributed by atoms with van der Waals surface area (Å²) < 4.78 is 0. The number of hydrogen-bond donors (Lipinski definition) is 3. The zero-order valence-electron chi connectivity index (χ0n) is 10.8. The van der Waals surface area contributed by atoms with E-state index in [1.165, 1.54) is 11.3 Å². The second kappa shape index (κ2) is 7.99. The molecular weight excluding hydrogens is 252 g/mol. The van der Waals surface area contributed by atoms with E-state index in [9.17, 15) is 4.79 Å². The van der Waals surface area contributed by atoms with Gasteiger partial charge in [-0.3, -0.25) is 5.32 Å². The van der Waals surface area contributed by atoms with Crippen LogP contribution in [-0.4, -0.2) is 34.0 Å². The molecule has 1 aromatic rings. The van der Waals surface area contributed by atoms with Gasteiger partial charge in [0, 0.05) is 19.1 Å². The van der Waals surface area contributed by atoms with E-state index in [-0.39, 0.29) is 18.7 Å². The van der Waals surface area contributed by atoms with Gasteiger partial charge < -0.3 is 10.4 Å². The molecule has 0 bridgehead atoms. The van der Waals surface area contributed by atoms with Crippen LogP contribution in [0.5, 0.6) is 0 Å². The lowest BCUT2D eigenvalue weighted by atomic mass is 10.2. The maximum absolute atomic E-state index is 11.6. The molecule has 102 valence electrons. The van der Waals surface area contributed by atoms with Crippen molar-refractivity contribution in [3.05, 3.63) is 5.01 Å². The number of aliphatic hydroxyl groups excluding tert-OH is 1. The Labute approximate surface area is 111 Å². The van der Waals surface area contributed by atoms with Gasteiger partial charge in [-0.1, -0.05) is 24.7 Å². The molecule has 0 aliphatic heterocycles. The lowest BCUT2D eigenvalue weighted by molar-refractivity contribution is 0.241. The van der Waals surface area contributed by atoms with Gasteiger partial charge in [-0.2, -0.15) is 0 Å². The molecule has 0 saturated heterocycles. The minimum Gasteiger partial charge on any atom is -0.396 e. The van der Waals surface area contributed by atoms with Crippen molar-refractivity contribution in [2.45, 2.75) is 45.6 Å². The van der Waals surface area contributed by atoms with E-state index >= 15 is 0 Å². The molecule has 1 atom stereocenters. The van der Waals surface area contributed by atoms with Gasteiger partial charge in [0.15, 0.2) is 0 Å². The van der Waals surface area contributed by atoms with E-state index in [0.29, 0.717) is 11.6 Å². The average Bonchev–Trinajstić information content (AvgIpc) is 2.74. The average molecular weight is 272 g/mol. The zero-order chi connectivity index (χ0) is 13.4. The van der Waals surface area contributed by atoms with Crippen LogP contribution in [0.4, 0.5) is 9.93 Å². The number of nitrogens with zero attached hydrogens (tertiary/aromatic N) is 2. The fourth-order valence-electron chi connectivity index (χ4n) is 1.36. The Morgan fingerprint density at radius 2 is 2.28 bits per heavy atom. The summed E-state index contributed by atoms with van der Waals surface area (Å²) in [4.78, 5) is 11.6. The van der Waals surface area contributed by atoms with Crippen molar-refractivity contribution in [1.29, 1.82) is 0 Å². The van der Waals surface area contributed by atoms with E-state index in [1.807, 2.05) is 6.92 Å². The summed E-state index contributed by atoms with van der Waals surface area (Å²) in [6.45, 7) is 4.01. The Morgan fingerprint density at radius 3 is 2.94 bits per heavy atom. The molecule has 18 heavy (non-hydrogen) atoms. The van der Waals surface area contributed by atoms with Gasteiger partial charge in [0.05, 0.1) is 0 Å². The molecule has 0 aromatic carbocycles. The summed E-state index contributed by atoms with van der Waals surface area (Å²) >= 11 is 1.40. The number of carbonyl (C=O) groups is 1. The third-order valence-electron chi connectivity index (χ3n) is 2.37. The first kappa shape index (κ1) is 14.8. The summed E-state index contributed by atoms with van der Waals surface area (Å²) in [6.07, 6.45) is 3.62. The zero-order valence-corrected chi connectivity index (χ0v) is 11.6. The minimum atomic E-state index is -0.311. The molecule has 0 saturated carbocycles. The van der Waals surface area contributed by atoms with Crippen LogP contribution in [0, 0.1) is 0 Å². The first-order valence-corrected chi connectivity index (χ1v) is 6.98. The molecule has 1 heterocycles. The normalized spacial score (nSPS) is 12.2. The number of carbonyl (C=O) groups excluding carboxylic acids is 1. The van der Waals surface area contributed by atoms with Crippen LogP contribution in [0.25, 0.3) is 0 Å². The number of aromatic nitrogens is 2. The van der Waals surface area contributed by atoms with Gasteiger partial charge in [-0.05, 0) is 19.8 Å². The molecule has 0 aliphatic rings. The Bertz CT molecular complexity index is 370. The minimum absolute atomic E-state index is 0.0570. The Kier molecular flexibility index (Phi) is 6.59. The van der Waals surface area contributed by atoms with E-state index in [4.69, 9.17) is 5.11 Å². The number of aryl methyl sites for hydroxylation is 1. The smallest absolute Gasteiger partial charge is 0.321 e.